The lowest BCUT2D eigenvalue weighted by atomic mass is 10.0. The van der Waals surface area contributed by atoms with Crippen LogP contribution in [0.3, 0.4) is 0 Å². The molecule has 0 aliphatic rings. The molecule has 0 saturated heterocycles. The first kappa shape index (κ1) is 13.9. The number of nitro benzene ring substituents is 1. The quantitative estimate of drug-likeness (QED) is 0.505. The van der Waals surface area contributed by atoms with Crippen LogP contribution >= 0.6 is 0 Å². The van der Waals surface area contributed by atoms with Gasteiger partial charge in [0.05, 0.1) is 4.92 Å². The predicted molar refractivity (Wildman–Crippen MR) is 80.7 cm³/mol. The second kappa shape index (κ2) is 5.61. The molecule has 0 bridgehead atoms. The summed E-state index contributed by atoms with van der Waals surface area (Å²) in [6, 6.07) is 12.8. The van der Waals surface area contributed by atoms with E-state index in [1.807, 2.05) is 38.1 Å². The number of nitrogen functional groups attached to an aromatic ring is 1. The summed E-state index contributed by atoms with van der Waals surface area (Å²) in [4.78, 5) is 10.7. The number of hydrogen-bond acceptors (Lipinski definition) is 4. The van der Waals surface area contributed by atoms with Gasteiger partial charge >= 0.3 is 5.69 Å². The van der Waals surface area contributed by atoms with Crippen LogP contribution < -0.4 is 11.1 Å². The zero-order chi connectivity index (χ0) is 14.7. The molecule has 0 aromatic heterocycles. The Kier molecular flexibility index (Phi) is 3.89. The van der Waals surface area contributed by atoms with Crippen molar-refractivity contribution in [2.75, 3.05) is 11.1 Å². The van der Waals surface area contributed by atoms with Gasteiger partial charge < -0.3 is 11.1 Å². The van der Waals surface area contributed by atoms with E-state index in [-0.39, 0.29) is 17.4 Å². The first-order chi connectivity index (χ1) is 9.50. The molecule has 0 amide bonds. The summed E-state index contributed by atoms with van der Waals surface area (Å²) >= 11 is 0. The molecule has 0 aliphatic heterocycles. The van der Waals surface area contributed by atoms with Crippen LogP contribution in [0, 0.1) is 17.0 Å². The summed E-state index contributed by atoms with van der Waals surface area (Å²) in [5.41, 5.74) is 8.45. The highest BCUT2D eigenvalue weighted by Crippen LogP contribution is 2.33. The Labute approximate surface area is 117 Å². The van der Waals surface area contributed by atoms with Gasteiger partial charge in [-0.2, -0.15) is 0 Å². The van der Waals surface area contributed by atoms with Crippen LogP contribution in [0.5, 0.6) is 0 Å². The molecule has 104 valence electrons. The van der Waals surface area contributed by atoms with Gasteiger partial charge in [0.15, 0.2) is 0 Å². The molecule has 0 fully saturated rings. The van der Waals surface area contributed by atoms with Gasteiger partial charge in [-0.25, -0.2) is 0 Å². The lowest BCUT2D eigenvalue weighted by Crippen LogP contribution is -2.10. The van der Waals surface area contributed by atoms with Gasteiger partial charge in [-0.3, -0.25) is 10.1 Å². The number of hydrogen-bond donors (Lipinski definition) is 2. The van der Waals surface area contributed by atoms with E-state index in [2.05, 4.69) is 5.32 Å². The minimum Gasteiger partial charge on any atom is -0.393 e. The molecular formula is C15H17N3O2. The predicted octanol–water partition coefficient (Wildman–Crippen LogP) is 3.66. The monoisotopic (exact) mass is 271 g/mol. The van der Waals surface area contributed by atoms with Gasteiger partial charge in [-0.1, -0.05) is 30.3 Å². The zero-order valence-electron chi connectivity index (χ0n) is 11.5. The van der Waals surface area contributed by atoms with E-state index in [1.165, 1.54) is 6.07 Å². The molecule has 0 saturated carbocycles. The number of benzene rings is 2. The van der Waals surface area contributed by atoms with E-state index in [0.29, 0.717) is 5.69 Å². The van der Waals surface area contributed by atoms with Crippen molar-refractivity contribution in [2.24, 2.45) is 0 Å². The topological polar surface area (TPSA) is 81.2 Å². The summed E-state index contributed by atoms with van der Waals surface area (Å²) in [6.45, 7) is 3.98. The average molecular weight is 271 g/mol. The van der Waals surface area contributed by atoms with Crippen molar-refractivity contribution in [1.29, 1.82) is 0 Å². The van der Waals surface area contributed by atoms with E-state index in [9.17, 15) is 10.1 Å². The highest BCUT2D eigenvalue weighted by atomic mass is 16.6. The fourth-order valence-electron chi connectivity index (χ4n) is 2.27. The maximum absolute atomic E-state index is 11.1. The van der Waals surface area contributed by atoms with Crippen LogP contribution in [0.1, 0.15) is 24.1 Å². The van der Waals surface area contributed by atoms with E-state index in [4.69, 9.17) is 5.73 Å². The summed E-state index contributed by atoms with van der Waals surface area (Å²) in [7, 11) is 0. The molecule has 1 unspecified atom stereocenters. The number of nitrogens with one attached hydrogen (secondary N) is 1. The van der Waals surface area contributed by atoms with Crippen molar-refractivity contribution in [3.05, 3.63) is 63.7 Å². The Morgan fingerprint density at radius 3 is 2.55 bits per heavy atom. The molecule has 2 rings (SSSR count). The van der Waals surface area contributed by atoms with Crippen molar-refractivity contribution in [2.45, 2.75) is 19.9 Å². The number of aryl methyl sites for hydroxylation is 1. The molecule has 1 atom stereocenters. The van der Waals surface area contributed by atoms with Crippen LogP contribution in [0.4, 0.5) is 17.1 Å². The van der Waals surface area contributed by atoms with E-state index in [0.717, 1.165) is 11.1 Å². The summed E-state index contributed by atoms with van der Waals surface area (Å²) in [6.07, 6.45) is 0. The highest BCUT2D eigenvalue weighted by Gasteiger charge is 2.19. The lowest BCUT2D eigenvalue weighted by Gasteiger charge is -2.18. The van der Waals surface area contributed by atoms with Crippen molar-refractivity contribution in [3.8, 4) is 0 Å². The van der Waals surface area contributed by atoms with Gasteiger partial charge in [-0.15, -0.1) is 0 Å². The van der Waals surface area contributed by atoms with E-state index < -0.39 is 4.92 Å². The fourth-order valence-corrected chi connectivity index (χ4v) is 2.27. The number of nitrogens with two attached hydrogens (primary N) is 1. The van der Waals surface area contributed by atoms with Gasteiger partial charge in [0, 0.05) is 6.04 Å². The summed E-state index contributed by atoms with van der Waals surface area (Å²) < 4.78 is 0. The van der Waals surface area contributed by atoms with Crippen LogP contribution in [0.25, 0.3) is 0 Å². The Bertz CT molecular complexity index is 641. The number of rotatable bonds is 4. The van der Waals surface area contributed by atoms with Crippen LogP contribution in [-0.4, -0.2) is 4.92 Å². The third-order valence-electron chi connectivity index (χ3n) is 3.28. The van der Waals surface area contributed by atoms with E-state index >= 15 is 0 Å². The first-order valence-corrected chi connectivity index (χ1v) is 6.35. The molecule has 20 heavy (non-hydrogen) atoms. The molecule has 0 heterocycles. The van der Waals surface area contributed by atoms with Gasteiger partial charge in [0.1, 0.15) is 11.4 Å². The fraction of sp³-hybridized carbons (Fsp3) is 0.200. The molecule has 5 nitrogen and oxygen atoms in total. The van der Waals surface area contributed by atoms with Gasteiger partial charge in [0.2, 0.25) is 0 Å². The Hall–Kier alpha value is -2.56. The SMILES string of the molecule is Cc1ccccc1C(C)Nc1cccc(N)c1[N+](=O)[O-]. The third kappa shape index (κ3) is 2.71. The summed E-state index contributed by atoms with van der Waals surface area (Å²) in [5.74, 6) is 0. The Balaban J connectivity index is 2.33. The molecule has 2 aromatic carbocycles. The van der Waals surface area contributed by atoms with Crippen molar-refractivity contribution in [3.63, 3.8) is 0 Å². The maximum atomic E-state index is 11.1. The van der Waals surface area contributed by atoms with Crippen molar-refractivity contribution < 1.29 is 4.92 Å². The standard InChI is InChI=1S/C15H17N3O2/c1-10-6-3-4-7-12(10)11(2)17-14-9-5-8-13(16)15(14)18(19)20/h3-9,11,17H,16H2,1-2H3. The van der Waals surface area contributed by atoms with Crippen LogP contribution in [0.15, 0.2) is 42.5 Å². The highest BCUT2D eigenvalue weighted by molar-refractivity contribution is 5.74. The molecule has 0 aliphatic carbocycles. The Morgan fingerprint density at radius 2 is 1.90 bits per heavy atom. The van der Waals surface area contributed by atoms with Gasteiger partial charge in [-0.05, 0) is 37.1 Å². The third-order valence-corrected chi connectivity index (χ3v) is 3.28. The second-order valence-electron chi connectivity index (χ2n) is 4.72. The number of anilines is 2. The maximum Gasteiger partial charge on any atom is 0.314 e. The number of nitrogens with zero attached hydrogens (tertiary/aromatic N) is 1. The molecule has 5 heteroatoms. The van der Waals surface area contributed by atoms with Gasteiger partial charge in [0.25, 0.3) is 0 Å². The van der Waals surface area contributed by atoms with Crippen LogP contribution in [-0.2, 0) is 0 Å². The van der Waals surface area contributed by atoms with Crippen molar-refractivity contribution >= 4 is 17.1 Å². The molecule has 0 radical (unpaired) electrons. The first-order valence-electron chi connectivity index (χ1n) is 6.35. The molecule has 2 aromatic rings. The number of para-hydroxylation sites is 1. The largest absolute Gasteiger partial charge is 0.393 e. The average Bonchev–Trinajstić information content (AvgIpc) is 2.38. The molecular weight excluding hydrogens is 254 g/mol. The van der Waals surface area contributed by atoms with Crippen LogP contribution in [0.2, 0.25) is 0 Å². The Morgan fingerprint density at radius 1 is 1.20 bits per heavy atom. The minimum absolute atomic E-state index is 0.0447. The molecule has 3 N–H and O–H groups in total. The number of nitro groups is 1. The second-order valence-corrected chi connectivity index (χ2v) is 4.72. The minimum atomic E-state index is -0.456. The normalized spacial score (nSPS) is 11.9. The van der Waals surface area contributed by atoms with E-state index in [1.54, 1.807) is 12.1 Å². The smallest absolute Gasteiger partial charge is 0.314 e. The summed E-state index contributed by atoms with van der Waals surface area (Å²) in [5, 5.41) is 14.3. The zero-order valence-corrected chi connectivity index (χ0v) is 11.5. The lowest BCUT2D eigenvalue weighted by molar-refractivity contribution is -0.383. The van der Waals surface area contributed by atoms with Crippen molar-refractivity contribution in [1.82, 2.24) is 0 Å². The molecule has 0 spiro atoms.